The molecule has 2 heterocycles. The Morgan fingerprint density at radius 3 is 2.65 bits per heavy atom. The number of nitrogens with zero attached hydrogens (tertiary/aromatic N) is 4. The molecule has 0 unspecified atom stereocenters. The van der Waals surface area contributed by atoms with Gasteiger partial charge >= 0.3 is 0 Å². The van der Waals surface area contributed by atoms with E-state index in [1.54, 1.807) is 25.6 Å². The number of fused-ring (bicyclic) bond motifs is 2. The third-order valence-corrected chi connectivity index (χ3v) is 3.28. The van der Waals surface area contributed by atoms with Gasteiger partial charge in [0.2, 0.25) is 0 Å². The average molecular weight is 270 g/mol. The van der Waals surface area contributed by atoms with Crippen molar-refractivity contribution in [3.8, 4) is 0 Å². The number of methoxy groups -OCH3 is 1. The molecule has 0 spiro atoms. The molecule has 0 saturated carbocycles. The molecule has 0 fully saturated rings. The van der Waals surface area contributed by atoms with Crippen molar-refractivity contribution in [3.63, 3.8) is 0 Å². The van der Waals surface area contributed by atoms with Gasteiger partial charge in [-0.25, -0.2) is 9.97 Å². The van der Waals surface area contributed by atoms with Crippen molar-refractivity contribution in [1.82, 2.24) is 9.97 Å². The maximum Gasteiger partial charge on any atom is 0.178 e. The van der Waals surface area contributed by atoms with Crippen LogP contribution in [0.2, 0.25) is 0 Å². The number of carbonyl (C=O) groups is 1. The first-order valence-corrected chi connectivity index (χ1v) is 6.16. The van der Waals surface area contributed by atoms with E-state index in [0.717, 1.165) is 23.5 Å². The van der Waals surface area contributed by atoms with Crippen LogP contribution in [0.3, 0.4) is 0 Å². The molecule has 102 valence electrons. The molecule has 1 aromatic heterocycles. The van der Waals surface area contributed by atoms with Crippen LogP contribution in [0.5, 0.6) is 0 Å². The Bertz CT molecular complexity index is 659. The highest BCUT2D eigenvalue weighted by molar-refractivity contribution is 5.92. The van der Waals surface area contributed by atoms with Crippen molar-refractivity contribution in [2.45, 2.75) is 0 Å². The Labute approximate surface area is 116 Å². The summed E-state index contributed by atoms with van der Waals surface area (Å²) in [6.07, 6.45) is 4.13. The fourth-order valence-electron chi connectivity index (χ4n) is 2.35. The summed E-state index contributed by atoms with van der Waals surface area (Å²) < 4.78 is 5.26. The largest absolute Gasteiger partial charge is 0.364 e. The van der Waals surface area contributed by atoms with Gasteiger partial charge < -0.3 is 9.64 Å². The summed E-state index contributed by atoms with van der Waals surface area (Å²) in [5, 5.41) is 0. The number of aldehydes is 1. The second kappa shape index (κ2) is 4.90. The summed E-state index contributed by atoms with van der Waals surface area (Å²) in [4.78, 5) is 23.6. The minimum absolute atomic E-state index is 0.342. The van der Waals surface area contributed by atoms with Crippen LogP contribution in [0.25, 0.3) is 0 Å². The first kappa shape index (κ1) is 12.6. The van der Waals surface area contributed by atoms with Crippen LogP contribution >= 0.6 is 0 Å². The van der Waals surface area contributed by atoms with Gasteiger partial charge in [0.05, 0.1) is 11.4 Å². The van der Waals surface area contributed by atoms with Crippen molar-refractivity contribution >= 4 is 29.3 Å². The van der Waals surface area contributed by atoms with E-state index in [4.69, 9.17) is 4.74 Å². The van der Waals surface area contributed by atoms with E-state index in [1.165, 1.54) is 0 Å². The monoisotopic (exact) mass is 270 g/mol. The first-order chi connectivity index (χ1) is 9.76. The van der Waals surface area contributed by atoms with E-state index in [1.807, 2.05) is 29.0 Å². The third kappa shape index (κ3) is 1.81. The molecule has 0 N–H and O–H groups in total. The molecule has 3 rings (SSSR count). The van der Waals surface area contributed by atoms with E-state index in [2.05, 4.69) is 9.97 Å². The van der Waals surface area contributed by atoms with E-state index in [0.29, 0.717) is 18.1 Å². The molecule has 1 aliphatic rings. The van der Waals surface area contributed by atoms with Gasteiger partial charge in [0, 0.05) is 32.1 Å². The van der Waals surface area contributed by atoms with Crippen LogP contribution in [0.4, 0.5) is 23.0 Å². The van der Waals surface area contributed by atoms with Crippen LogP contribution in [0.1, 0.15) is 10.4 Å². The summed E-state index contributed by atoms with van der Waals surface area (Å²) >= 11 is 0. The zero-order chi connectivity index (χ0) is 14.1. The van der Waals surface area contributed by atoms with E-state index in [9.17, 15) is 4.79 Å². The van der Waals surface area contributed by atoms with Gasteiger partial charge in [-0.1, -0.05) is 0 Å². The summed E-state index contributed by atoms with van der Waals surface area (Å²) in [6, 6.07) is 5.52. The molecule has 1 aliphatic heterocycles. The number of ether oxygens (including phenoxy) is 1. The van der Waals surface area contributed by atoms with Crippen LogP contribution < -0.4 is 9.80 Å². The number of rotatable bonds is 3. The fourth-order valence-corrected chi connectivity index (χ4v) is 2.35. The Balaban J connectivity index is 2.21. The molecule has 2 aromatic rings. The molecule has 0 atom stereocenters. The highest BCUT2D eigenvalue weighted by Crippen LogP contribution is 2.44. The predicted octanol–water partition coefficient (Wildman–Crippen LogP) is 2.11. The van der Waals surface area contributed by atoms with Crippen LogP contribution in [0.15, 0.2) is 30.6 Å². The number of hydrogen-bond acceptors (Lipinski definition) is 6. The minimum Gasteiger partial charge on any atom is -0.364 e. The standard InChI is InChI=1S/C14H14N4O2/c1-17-11-4-3-10(8-19)7-12(11)18(9-20-2)14-13(17)15-5-6-16-14/h3-8H,9H2,1-2H3. The lowest BCUT2D eigenvalue weighted by atomic mass is 10.1. The lowest BCUT2D eigenvalue weighted by Crippen LogP contribution is -2.30. The van der Waals surface area contributed by atoms with E-state index >= 15 is 0 Å². The highest BCUT2D eigenvalue weighted by Gasteiger charge is 2.28. The molecule has 20 heavy (non-hydrogen) atoms. The van der Waals surface area contributed by atoms with E-state index in [-0.39, 0.29) is 0 Å². The zero-order valence-electron chi connectivity index (χ0n) is 11.3. The molecular weight excluding hydrogens is 256 g/mol. The van der Waals surface area contributed by atoms with Crippen molar-refractivity contribution in [2.24, 2.45) is 0 Å². The Morgan fingerprint density at radius 2 is 1.95 bits per heavy atom. The van der Waals surface area contributed by atoms with Gasteiger partial charge in [0.25, 0.3) is 0 Å². The highest BCUT2D eigenvalue weighted by atomic mass is 16.5. The number of aromatic nitrogens is 2. The molecule has 0 amide bonds. The summed E-state index contributed by atoms with van der Waals surface area (Å²) in [5.74, 6) is 1.48. The Morgan fingerprint density at radius 1 is 1.20 bits per heavy atom. The topological polar surface area (TPSA) is 58.6 Å². The Kier molecular flexibility index (Phi) is 3.08. The van der Waals surface area contributed by atoms with Crippen molar-refractivity contribution in [3.05, 3.63) is 36.2 Å². The average Bonchev–Trinajstić information content (AvgIpc) is 2.51. The van der Waals surface area contributed by atoms with Gasteiger partial charge in [0.15, 0.2) is 11.6 Å². The van der Waals surface area contributed by atoms with E-state index < -0.39 is 0 Å². The van der Waals surface area contributed by atoms with Crippen molar-refractivity contribution in [2.75, 3.05) is 30.7 Å². The van der Waals surface area contributed by atoms with Crippen LogP contribution in [-0.4, -0.2) is 37.1 Å². The Hall–Kier alpha value is -2.47. The van der Waals surface area contributed by atoms with Crippen LogP contribution in [0, 0.1) is 0 Å². The van der Waals surface area contributed by atoms with Gasteiger partial charge in [-0.3, -0.25) is 9.69 Å². The summed E-state index contributed by atoms with van der Waals surface area (Å²) in [6.45, 7) is 0.342. The maximum atomic E-state index is 11.0. The smallest absolute Gasteiger partial charge is 0.178 e. The van der Waals surface area contributed by atoms with Crippen molar-refractivity contribution in [1.29, 1.82) is 0 Å². The maximum absolute atomic E-state index is 11.0. The van der Waals surface area contributed by atoms with Crippen LogP contribution in [-0.2, 0) is 4.74 Å². The second-order valence-electron chi connectivity index (χ2n) is 4.47. The molecule has 0 radical (unpaired) electrons. The molecule has 1 aromatic carbocycles. The van der Waals surface area contributed by atoms with Gasteiger partial charge in [-0.05, 0) is 18.2 Å². The number of carbonyl (C=O) groups excluding carboxylic acids is 1. The molecule has 0 bridgehead atoms. The lowest BCUT2D eigenvalue weighted by molar-refractivity contribution is 0.112. The zero-order valence-corrected chi connectivity index (χ0v) is 11.3. The molecule has 6 nitrogen and oxygen atoms in total. The lowest BCUT2D eigenvalue weighted by Gasteiger charge is -2.36. The van der Waals surface area contributed by atoms with Gasteiger partial charge in [-0.2, -0.15) is 0 Å². The predicted molar refractivity (Wildman–Crippen MR) is 75.9 cm³/mol. The first-order valence-electron chi connectivity index (χ1n) is 6.16. The SMILES string of the molecule is COCN1c2cc(C=O)ccc2N(C)c2nccnc21. The molecule has 0 saturated heterocycles. The molecule has 6 heteroatoms. The second-order valence-corrected chi connectivity index (χ2v) is 4.47. The fraction of sp³-hybridized carbons (Fsp3) is 0.214. The molecule has 0 aliphatic carbocycles. The van der Waals surface area contributed by atoms with Gasteiger partial charge in [-0.15, -0.1) is 0 Å². The number of benzene rings is 1. The normalized spacial score (nSPS) is 12.9. The number of anilines is 4. The van der Waals surface area contributed by atoms with Crippen molar-refractivity contribution < 1.29 is 9.53 Å². The number of hydrogen-bond donors (Lipinski definition) is 0. The molecular formula is C14H14N4O2. The third-order valence-electron chi connectivity index (χ3n) is 3.28. The minimum atomic E-state index is 0.342. The summed E-state index contributed by atoms with van der Waals surface area (Å²) in [7, 11) is 3.55. The summed E-state index contributed by atoms with van der Waals surface area (Å²) in [5.41, 5.74) is 2.46. The quantitative estimate of drug-likeness (QED) is 0.796. The van der Waals surface area contributed by atoms with Gasteiger partial charge in [0.1, 0.15) is 13.0 Å².